The molecule has 4 nitrogen and oxygen atoms in total. The topological polar surface area (TPSA) is 49.4 Å². The third-order valence-corrected chi connectivity index (χ3v) is 5.06. The maximum atomic E-state index is 13.2. The fourth-order valence-electron chi connectivity index (χ4n) is 3.08. The molecular weight excluding hydrogens is 348 g/mol. The Morgan fingerprint density at radius 1 is 0.893 bits per heavy atom. The first kappa shape index (κ1) is 21.7. The van der Waals surface area contributed by atoms with Gasteiger partial charge in [-0.05, 0) is 48.9 Å². The van der Waals surface area contributed by atoms with E-state index < -0.39 is 6.04 Å². The average molecular weight is 381 g/mol. The standard InChI is InChI=1S/C24H32N2O2/c1-17(2)15-25-24(28)20(5)26(16-22-13-9-7-11-19(22)4)23(27)14-21-12-8-6-10-18(21)3/h6-13,17,20H,14-16H2,1-5H3,(H,25,28)/t20-/m1/s1. The number of hydrogen-bond acceptors (Lipinski definition) is 2. The minimum absolute atomic E-state index is 0.0373. The molecular formula is C24H32N2O2. The molecule has 0 aliphatic carbocycles. The van der Waals surface area contributed by atoms with Crippen LogP contribution in [0.25, 0.3) is 0 Å². The largest absolute Gasteiger partial charge is 0.354 e. The fourth-order valence-corrected chi connectivity index (χ4v) is 3.08. The smallest absolute Gasteiger partial charge is 0.242 e. The number of aryl methyl sites for hydroxylation is 2. The minimum Gasteiger partial charge on any atom is -0.354 e. The van der Waals surface area contributed by atoms with Crippen molar-refractivity contribution in [2.75, 3.05) is 6.54 Å². The molecule has 0 fully saturated rings. The summed E-state index contributed by atoms with van der Waals surface area (Å²) in [6.07, 6.45) is 0.292. The first-order chi connectivity index (χ1) is 13.3. The summed E-state index contributed by atoms with van der Waals surface area (Å²) in [7, 11) is 0. The van der Waals surface area contributed by atoms with Crippen LogP contribution in [-0.4, -0.2) is 29.3 Å². The van der Waals surface area contributed by atoms with Crippen LogP contribution >= 0.6 is 0 Å². The van der Waals surface area contributed by atoms with E-state index in [9.17, 15) is 9.59 Å². The highest BCUT2D eigenvalue weighted by Gasteiger charge is 2.26. The molecule has 2 rings (SSSR count). The van der Waals surface area contributed by atoms with Gasteiger partial charge >= 0.3 is 0 Å². The van der Waals surface area contributed by atoms with E-state index >= 15 is 0 Å². The van der Waals surface area contributed by atoms with Gasteiger partial charge in [0.25, 0.3) is 0 Å². The zero-order chi connectivity index (χ0) is 20.7. The van der Waals surface area contributed by atoms with Crippen LogP contribution in [0.4, 0.5) is 0 Å². The molecule has 2 aromatic rings. The monoisotopic (exact) mass is 380 g/mol. The molecule has 0 unspecified atom stereocenters. The normalized spacial score (nSPS) is 11.9. The molecule has 0 heterocycles. The lowest BCUT2D eigenvalue weighted by Crippen LogP contribution is -2.48. The number of benzene rings is 2. The van der Waals surface area contributed by atoms with Crippen molar-refractivity contribution in [3.63, 3.8) is 0 Å². The summed E-state index contributed by atoms with van der Waals surface area (Å²) in [4.78, 5) is 27.6. The summed E-state index contributed by atoms with van der Waals surface area (Å²) in [5.74, 6) is 0.216. The Morgan fingerprint density at radius 2 is 1.43 bits per heavy atom. The second kappa shape index (κ2) is 10.1. The van der Waals surface area contributed by atoms with Crippen LogP contribution in [0.5, 0.6) is 0 Å². The Bertz CT molecular complexity index is 814. The van der Waals surface area contributed by atoms with Gasteiger partial charge in [0.05, 0.1) is 6.42 Å². The molecule has 0 saturated carbocycles. The van der Waals surface area contributed by atoms with Gasteiger partial charge in [-0.25, -0.2) is 0 Å². The first-order valence-corrected chi connectivity index (χ1v) is 9.95. The molecule has 1 N–H and O–H groups in total. The maximum Gasteiger partial charge on any atom is 0.242 e. The Balaban J connectivity index is 2.24. The lowest BCUT2D eigenvalue weighted by atomic mass is 10.0. The molecule has 0 aliphatic heterocycles. The molecule has 4 heteroatoms. The Hall–Kier alpha value is -2.62. The highest BCUT2D eigenvalue weighted by molar-refractivity contribution is 5.88. The predicted octanol–water partition coefficient (Wildman–Crippen LogP) is 4.04. The van der Waals surface area contributed by atoms with Crippen molar-refractivity contribution in [3.05, 3.63) is 70.8 Å². The fraction of sp³-hybridized carbons (Fsp3) is 0.417. The number of hydrogen-bond donors (Lipinski definition) is 1. The van der Waals surface area contributed by atoms with Crippen molar-refractivity contribution in [1.82, 2.24) is 10.2 Å². The van der Waals surface area contributed by atoms with Crippen LogP contribution in [0.2, 0.25) is 0 Å². The second-order valence-corrected chi connectivity index (χ2v) is 7.87. The summed E-state index contributed by atoms with van der Waals surface area (Å²) >= 11 is 0. The minimum atomic E-state index is -0.533. The third-order valence-electron chi connectivity index (χ3n) is 5.06. The molecule has 0 aliphatic rings. The van der Waals surface area contributed by atoms with E-state index in [1.54, 1.807) is 4.90 Å². The molecule has 0 bridgehead atoms. The molecule has 2 amide bonds. The number of carbonyl (C=O) groups is 2. The quantitative estimate of drug-likeness (QED) is 0.751. The Labute approximate surface area is 169 Å². The van der Waals surface area contributed by atoms with Gasteiger partial charge in [0.15, 0.2) is 0 Å². The van der Waals surface area contributed by atoms with Gasteiger partial charge in [-0.15, -0.1) is 0 Å². The van der Waals surface area contributed by atoms with Crippen LogP contribution in [-0.2, 0) is 22.6 Å². The van der Waals surface area contributed by atoms with Crippen LogP contribution in [0.3, 0.4) is 0 Å². The van der Waals surface area contributed by atoms with Crippen LogP contribution in [0, 0.1) is 19.8 Å². The van der Waals surface area contributed by atoms with Gasteiger partial charge < -0.3 is 10.2 Å². The summed E-state index contributed by atoms with van der Waals surface area (Å²) in [6, 6.07) is 15.4. The van der Waals surface area contributed by atoms with Gasteiger partial charge in [0.2, 0.25) is 11.8 Å². The number of nitrogens with zero attached hydrogens (tertiary/aromatic N) is 1. The second-order valence-electron chi connectivity index (χ2n) is 7.87. The van der Waals surface area contributed by atoms with Gasteiger partial charge in [-0.2, -0.15) is 0 Å². The van der Waals surface area contributed by atoms with E-state index in [0.29, 0.717) is 25.4 Å². The van der Waals surface area contributed by atoms with Crippen molar-refractivity contribution in [2.45, 2.75) is 53.6 Å². The first-order valence-electron chi connectivity index (χ1n) is 9.95. The van der Waals surface area contributed by atoms with Gasteiger partial charge in [-0.3, -0.25) is 9.59 Å². The third kappa shape index (κ3) is 5.95. The highest BCUT2D eigenvalue weighted by atomic mass is 16.2. The summed E-state index contributed by atoms with van der Waals surface area (Å²) in [6.45, 7) is 11.0. The predicted molar refractivity (Wildman–Crippen MR) is 114 cm³/mol. The lowest BCUT2D eigenvalue weighted by molar-refractivity contribution is -0.140. The van der Waals surface area contributed by atoms with Crippen molar-refractivity contribution < 1.29 is 9.59 Å². The van der Waals surface area contributed by atoms with Crippen LogP contribution in [0.15, 0.2) is 48.5 Å². The van der Waals surface area contributed by atoms with Crippen LogP contribution in [0.1, 0.15) is 43.0 Å². The van der Waals surface area contributed by atoms with Gasteiger partial charge in [-0.1, -0.05) is 62.4 Å². The molecule has 0 aromatic heterocycles. The van der Waals surface area contributed by atoms with E-state index in [2.05, 4.69) is 19.2 Å². The van der Waals surface area contributed by atoms with E-state index in [1.807, 2.05) is 69.3 Å². The Morgan fingerprint density at radius 3 is 1.96 bits per heavy atom. The molecule has 2 aromatic carbocycles. The summed E-state index contributed by atoms with van der Waals surface area (Å²) in [5, 5.41) is 2.96. The SMILES string of the molecule is Cc1ccccc1CC(=O)N(Cc1ccccc1C)[C@H](C)C(=O)NCC(C)C. The number of rotatable bonds is 8. The van der Waals surface area contributed by atoms with Gasteiger partial charge in [0.1, 0.15) is 6.04 Å². The molecule has 28 heavy (non-hydrogen) atoms. The molecule has 0 radical (unpaired) electrons. The lowest BCUT2D eigenvalue weighted by Gasteiger charge is -2.30. The number of carbonyl (C=O) groups excluding carboxylic acids is 2. The van der Waals surface area contributed by atoms with Crippen molar-refractivity contribution in [3.8, 4) is 0 Å². The van der Waals surface area contributed by atoms with E-state index in [-0.39, 0.29) is 11.8 Å². The van der Waals surface area contributed by atoms with E-state index in [1.165, 1.54) is 0 Å². The summed E-state index contributed by atoms with van der Waals surface area (Å²) in [5.41, 5.74) is 4.26. The molecule has 1 atom stereocenters. The highest BCUT2D eigenvalue weighted by Crippen LogP contribution is 2.16. The molecule has 0 spiro atoms. The van der Waals surface area contributed by atoms with Gasteiger partial charge in [0, 0.05) is 13.1 Å². The number of nitrogens with one attached hydrogen (secondary N) is 1. The summed E-state index contributed by atoms with van der Waals surface area (Å²) < 4.78 is 0. The Kier molecular flexibility index (Phi) is 7.80. The van der Waals surface area contributed by atoms with E-state index in [0.717, 1.165) is 22.3 Å². The number of amides is 2. The molecule has 0 saturated heterocycles. The van der Waals surface area contributed by atoms with Crippen molar-refractivity contribution >= 4 is 11.8 Å². The maximum absolute atomic E-state index is 13.2. The van der Waals surface area contributed by atoms with E-state index in [4.69, 9.17) is 0 Å². The zero-order valence-corrected chi connectivity index (χ0v) is 17.7. The van der Waals surface area contributed by atoms with Crippen molar-refractivity contribution in [2.24, 2.45) is 5.92 Å². The zero-order valence-electron chi connectivity index (χ0n) is 17.7. The average Bonchev–Trinajstić information content (AvgIpc) is 2.66. The molecule has 150 valence electrons. The van der Waals surface area contributed by atoms with Crippen LogP contribution < -0.4 is 5.32 Å². The van der Waals surface area contributed by atoms with Crippen molar-refractivity contribution in [1.29, 1.82) is 0 Å².